The molecule has 1 N–H and O–H groups in total. The molecule has 1 amide bonds. The molecular weight excluding hydrogens is 328 g/mol. The van der Waals surface area contributed by atoms with Gasteiger partial charge >= 0.3 is 0 Å². The van der Waals surface area contributed by atoms with Crippen molar-refractivity contribution in [1.29, 1.82) is 0 Å². The molecule has 5 nitrogen and oxygen atoms in total. The fourth-order valence-corrected chi connectivity index (χ4v) is 3.27. The van der Waals surface area contributed by atoms with Gasteiger partial charge in [0.25, 0.3) is 5.91 Å². The summed E-state index contributed by atoms with van der Waals surface area (Å²) in [4.78, 5) is 15.3. The molecule has 0 aliphatic carbocycles. The summed E-state index contributed by atoms with van der Waals surface area (Å²) in [5.74, 6) is 1.11. The van der Waals surface area contributed by atoms with E-state index in [1.54, 1.807) is 32.4 Å². The van der Waals surface area contributed by atoms with Gasteiger partial charge in [-0.25, -0.2) is 0 Å². The Balaban J connectivity index is 2.09. The first-order valence-corrected chi connectivity index (χ1v) is 8.90. The highest BCUT2D eigenvalue weighted by atomic mass is 16.5. The lowest BCUT2D eigenvalue weighted by Crippen LogP contribution is -2.44. The van der Waals surface area contributed by atoms with Crippen molar-refractivity contribution in [3.8, 4) is 11.5 Å². The summed E-state index contributed by atoms with van der Waals surface area (Å²) in [5.41, 5.74) is 4.79. The lowest BCUT2D eigenvalue weighted by molar-refractivity contribution is 0.0981. The molecule has 0 bridgehead atoms. The molecule has 138 valence electrons. The average molecular weight is 354 g/mol. The number of carbonyl (C=O) groups excluding carboxylic acids is 1. The number of ether oxygens (including phenoxy) is 2. The van der Waals surface area contributed by atoms with Gasteiger partial charge < -0.3 is 19.7 Å². The van der Waals surface area contributed by atoms with Crippen molar-refractivity contribution in [3.05, 3.63) is 47.0 Å². The van der Waals surface area contributed by atoms with Crippen LogP contribution in [-0.2, 0) is 0 Å². The number of carbonyl (C=O) groups is 1. The van der Waals surface area contributed by atoms with Crippen LogP contribution in [0, 0.1) is 13.8 Å². The lowest BCUT2D eigenvalue weighted by Gasteiger charge is -2.36. The molecule has 1 aliphatic heterocycles. The minimum absolute atomic E-state index is 0.0785. The van der Waals surface area contributed by atoms with Crippen LogP contribution in [0.1, 0.15) is 34.8 Å². The molecule has 1 heterocycles. The van der Waals surface area contributed by atoms with Gasteiger partial charge in [-0.2, -0.15) is 0 Å². The van der Waals surface area contributed by atoms with Gasteiger partial charge in [-0.05, 0) is 61.7 Å². The molecule has 2 aromatic rings. The van der Waals surface area contributed by atoms with E-state index < -0.39 is 0 Å². The maximum Gasteiger partial charge on any atom is 0.262 e. The minimum Gasteiger partial charge on any atom is -0.497 e. The third-order valence-electron chi connectivity index (χ3n) is 5.04. The fraction of sp³-hybridized carbons (Fsp3) is 0.381. The Morgan fingerprint density at radius 2 is 1.88 bits per heavy atom. The van der Waals surface area contributed by atoms with Crippen molar-refractivity contribution in [2.24, 2.45) is 0 Å². The summed E-state index contributed by atoms with van der Waals surface area (Å²) in [7, 11) is 3.17. The van der Waals surface area contributed by atoms with Crippen LogP contribution in [0.25, 0.3) is 0 Å². The second kappa shape index (κ2) is 7.28. The zero-order valence-corrected chi connectivity index (χ0v) is 16.1. The molecule has 1 unspecified atom stereocenters. The van der Waals surface area contributed by atoms with E-state index in [2.05, 4.69) is 38.2 Å². The van der Waals surface area contributed by atoms with E-state index in [1.807, 2.05) is 4.90 Å². The van der Waals surface area contributed by atoms with Gasteiger partial charge in [0.1, 0.15) is 11.5 Å². The number of hydrogen-bond acceptors (Lipinski definition) is 4. The van der Waals surface area contributed by atoms with E-state index in [-0.39, 0.29) is 11.9 Å². The van der Waals surface area contributed by atoms with Crippen LogP contribution in [0.4, 0.5) is 11.4 Å². The van der Waals surface area contributed by atoms with Crippen molar-refractivity contribution in [2.45, 2.75) is 33.2 Å². The Kier molecular flexibility index (Phi) is 5.07. The Bertz CT molecular complexity index is 832. The fourth-order valence-electron chi connectivity index (χ4n) is 3.27. The first-order valence-electron chi connectivity index (χ1n) is 8.90. The number of benzene rings is 2. The van der Waals surface area contributed by atoms with Crippen LogP contribution < -0.4 is 19.7 Å². The van der Waals surface area contributed by atoms with Crippen LogP contribution >= 0.6 is 0 Å². The number of nitrogens with one attached hydrogen (secondary N) is 1. The lowest BCUT2D eigenvalue weighted by atomic mass is 10.0. The maximum absolute atomic E-state index is 13.4. The van der Waals surface area contributed by atoms with E-state index in [4.69, 9.17) is 9.47 Å². The van der Waals surface area contributed by atoms with Gasteiger partial charge in [0.2, 0.25) is 0 Å². The molecule has 26 heavy (non-hydrogen) atoms. The first-order chi connectivity index (χ1) is 12.5. The van der Waals surface area contributed by atoms with E-state index in [1.165, 1.54) is 5.56 Å². The number of aryl methyl sites for hydroxylation is 2. The monoisotopic (exact) mass is 354 g/mol. The van der Waals surface area contributed by atoms with Crippen molar-refractivity contribution in [3.63, 3.8) is 0 Å². The highest BCUT2D eigenvalue weighted by molar-refractivity contribution is 6.10. The highest BCUT2D eigenvalue weighted by Gasteiger charge is 2.30. The van der Waals surface area contributed by atoms with Crippen LogP contribution in [0.3, 0.4) is 0 Å². The molecule has 0 saturated heterocycles. The molecule has 5 heteroatoms. The summed E-state index contributed by atoms with van der Waals surface area (Å²) in [6.07, 6.45) is 0.936. The molecule has 1 atom stereocenters. The second-order valence-corrected chi connectivity index (χ2v) is 6.69. The number of methoxy groups -OCH3 is 2. The van der Waals surface area contributed by atoms with E-state index in [0.29, 0.717) is 23.6 Å². The molecular formula is C21H26N2O3. The zero-order chi connectivity index (χ0) is 18.8. The topological polar surface area (TPSA) is 50.8 Å². The predicted octanol–water partition coefficient (Wildman–Crippen LogP) is 4.17. The normalized spacial score (nSPS) is 15.9. The van der Waals surface area contributed by atoms with Crippen molar-refractivity contribution in [1.82, 2.24) is 0 Å². The van der Waals surface area contributed by atoms with E-state index in [9.17, 15) is 4.79 Å². The number of nitrogens with zero attached hydrogens (tertiary/aromatic N) is 1. The Labute approximate surface area is 154 Å². The third kappa shape index (κ3) is 3.21. The molecule has 2 aromatic carbocycles. The number of amides is 1. The summed E-state index contributed by atoms with van der Waals surface area (Å²) >= 11 is 0. The molecule has 0 spiro atoms. The van der Waals surface area contributed by atoms with E-state index in [0.717, 1.165) is 23.4 Å². The largest absolute Gasteiger partial charge is 0.497 e. The zero-order valence-electron chi connectivity index (χ0n) is 16.1. The van der Waals surface area contributed by atoms with Gasteiger partial charge in [-0.1, -0.05) is 6.92 Å². The van der Waals surface area contributed by atoms with Gasteiger partial charge in [0.05, 0.1) is 31.2 Å². The molecule has 0 saturated carbocycles. The SMILES string of the molecule is CCC1CN(C(=O)c2cc(OC)ccc2OC)c2cc(C)c(C)cc2N1. The van der Waals surface area contributed by atoms with Crippen LogP contribution in [0.2, 0.25) is 0 Å². The quantitative estimate of drug-likeness (QED) is 0.895. The minimum atomic E-state index is -0.0785. The van der Waals surface area contributed by atoms with Crippen molar-refractivity contribution in [2.75, 3.05) is 31.0 Å². The van der Waals surface area contributed by atoms with Crippen molar-refractivity contribution < 1.29 is 14.3 Å². The second-order valence-electron chi connectivity index (χ2n) is 6.69. The van der Waals surface area contributed by atoms with Crippen LogP contribution in [0.5, 0.6) is 11.5 Å². The molecule has 0 aromatic heterocycles. The smallest absolute Gasteiger partial charge is 0.262 e. The highest BCUT2D eigenvalue weighted by Crippen LogP contribution is 2.36. The Morgan fingerprint density at radius 3 is 2.54 bits per heavy atom. The Morgan fingerprint density at radius 1 is 1.15 bits per heavy atom. The molecule has 1 aliphatic rings. The van der Waals surface area contributed by atoms with E-state index >= 15 is 0 Å². The third-order valence-corrected chi connectivity index (χ3v) is 5.04. The molecule has 0 radical (unpaired) electrons. The number of fused-ring (bicyclic) bond motifs is 1. The van der Waals surface area contributed by atoms with Crippen LogP contribution in [0.15, 0.2) is 30.3 Å². The summed E-state index contributed by atoms with van der Waals surface area (Å²) in [6, 6.07) is 9.72. The predicted molar refractivity (Wildman–Crippen MR) is 105 cm³/mol. The van der Waals surface area contributed by atoms with Crippen LogP contribution in [-0.4, -0.2) is 32.7 Å². The van der Waals surface area contributed by atoms with Gasteiger partial charge in [0.15, 0.2) is 0 Å². The molecule has 3 rings (SSSR count). The number of rotatable bonds is 4. The first kappa shape index (κ1) is 18.1. The molecule has 0 fully saturated rings. The average Bonchev–Trinajstić information content (AvgIpc) is 2.67. The number of hydrogen-bond donors (Lipinski definition) is 1. The van der Waals surface area contributed by atoms with Crippen molar-refractivity contribution >= 4 is 17.3 Å². The summed E-state index contributed by atoms with van der Waals surface area (Å²) in [6.45, 7) is 6.89. The van der Waals surface area contributed by atoms with Gasteiger partial charge in [-0.15, -0.1) is 0 Å². The summed E-state index contributed by atoms with van der Waals surface area (Å²) < 4.78 is 10.7. The Hall–Kier alpha value is -2.69. The maximum atomic E-state index is 13.4. The van der Waals surface area contributed by atoms with Gasteiger partial charge in [-0.3, -0.25) is 4.79 Å². The number of anilines is 2. The van der Waals surface area contributed by atoms with Gasteiger partial charge in [0, 0.05) is 12.6 Å². The summed E-state index contributed by atoms with van der Waals surface area (Å²) in [5, 5.41) is 3.55. The standard InChI is InChI=1S/C21H26N2O3/c1-6-15-12-23(19-10-14(3)13(2)9-18(19)22-15)21(24)17-11-16(25-4)7-8-20(17)26-5/h7-11,15,22H,6,12H2,1-5H3.